The van der Waals surface area contributed by atoms with E-state index in [2.05, 4.69) is 54.2 Å². The van der Waals surface area contributed by atoms with Gasteiger partial charge >= 0.3 is 11.9 Å². The molecule has 8 N–H and O–H groups in total. The lowest BCUT2D eigenvalue weighted by atomic mass is 9.69. The molecule has 5 atom stereocenters. The molecule has 0 bridgehead atoms. The predicted octanol–water partition coefficient (Wildman–Crippen LogP) is 2.16. The number of fused-ring (bicyclic) bond motifs is 3. The zero-order chi connectivity index (χ0) is 31.7. The molecule has 0 spiro atoms. The van der Waals surface area contributed by atoms with E-state index in [-0.39, 0.29) is 25.4 Å². The number of nitrogens with one attached hydrogen (secondary N) is 4. The van der Waals surface area contributed by atoms with Gasteiger partial charge in [0.15, 0.2) is 0 Å². The van der Waals surface area contributed by atoms with E-state index in [4.69, 9.17) is 5.73 Å². The summed E-state index contributed by atoms with van der Waals surface area (Å²) in [6, 6.07) is 5.05. The zero-order valence-electron chi connectivity index (χ0n) is 24.9. The average Bonchev–Trinajstić information content (AvgIpc) is 3.45. The van der Waals surface area contributed by atoms with Gasteiger partial charge in [0.25, 0.3) is 0 Å². The number of para-hydroxylation sites is 1. The summed E-state index contributed by atoms with van der Waals surface area (Å²) in [6.45, 7) is 6.50. The Labute approximate surface area is 251 Å². The summed E-state index contributed by atoms with van der Waals surface area (Å²) < 4.78 is 0. The van der Waals surface area contributed by atoms with Crippen molar-refractivity contribution in [1.29, 1.82) is 0 Å². The van der Waals surface area contributed by atoms with Crippen LogP contribution in [0.1, 0.15) is 71.3 Å². The van der Waals surface area contributed by atoms with Crippen LogP contribution in [-0.2, 0) is 29.4 Å². The van der Waals surface area contributed by atoms with E-state index in [0.717, 1.165) is 24.1 Å². The van der Waals surface area contributed by atoms with Crippen molar-refractivity contribution >= 4 is 35.3 Å². The SMILES string of the molecule is CC(C)=CCC/C(C)=C\C[C@@]12c3ccccc3N[C@@H]1NC[C@@H]2C(=O)N[C@@H](CCC(=O)O)C(=O)N[C@@H](CCC(N)=O)C(=O)O. The maximum atomic E-state index is 14.0. The number of hydrogen-bond donors (Lipinski definition) is 7. The molecule has 0 aromatic heterocycles. The van der Waals surface area contributed by atoms with Gasteiger partial charge in [-0.25, -0.2) is 4.79 Å². The van der Waals surface area contributed by atoms with E-state index in [1.165, 1.54) is 11.1 Å². The van der Waals surface area contributed by atoms with Crippen molar-refractivity contribution in [3.63, 3.8) is 0 Å². The number of carboxylic acids is 2. The fraction of sp³-hybridized carbons (Fsp3) is 0.516. The smallest absolute Gasteiger partial charge is 0.326 e. The van der Waals surface area contributed by atoms with E-state index in [1.54, 1.807) is 0 Å². The summed E-state index contributed by atoms with van der Waals surface area (Å²) in [5, 5.41) is 30.8. The standard InChI is InChI=1S/C31H43N5O7/c1-18(2)7-6-8-19(3)15-16-31-20-9-4-5-10-22(20)36-30(31)33-17-21(31)27(40)34-23(12-14-26(38)39)28(41)35-24(29(42)43)11-13-25(32)37/h4-5,7,9-10,15,21,23-24,30,33,36H,6,8,11-14,16-17H2,1-3H3,(H2,32,37)(H,34,40)(H,35,41)(H,38,39)(H,42,43)/b19-15-/t21-,23+,24+,30+,31+/m1/s1. The van der Waals surface area contributed by atoms with Gasteiger partial charge in [-0.15, -0.1) is 0 Å². The number of aliphatic carboxylic acids is 2. The van der Waals surface area contributed by atoms with Crippen LogP contribution < -0.4 is 27.0 Å². The topological polar surface area (TPSA) is 200 Å². The minimum absolute atomic E-state index is 0.241. The lowest BCUT2D eigenvalue weighted by Crippen LogP contribution is -2.55. The van der Waals surface area contributed by atoms with Gasteiger partial charge in [-0.3, -0.25) is 24.5 Å². The molecule has 2 aliphatic rings. The molecule has 3 amide bonds. The molecule has 1 fully saturated rings. The minimum Gasteiger partial charge on any atom is -0.481 e. The largest absolute Gasteiger partial charge is 0.481 e. The Bertz CT molecular complexity index is 1290. The molecular weight excluding hydrogens is 554 g/mol. The van der Waals surface area contributed by atoms with Crippen LogP contribution in [0.25, 0.3) is 0 Å². The molecular formula is C31H43N5O7. The van der Waals surface area contributed by atoms with Crippen LogP contribution in [0.2, 0.25) is 0 Å². The highest BCUT2D eigenvalue weighted by Crippen LogP contribution is 2.51. The highest BCUT2D eigenvalue weighted by molar-refractivity contribution is 5.92. The Kier molecular flexibility index (Phi) is 11.5. The Morgan fingerprint density at radius 3 is 2.35 bits per heavy atom. The fourth-order valence-electron chi connectivity index (χ4n) is 5.85. The first-order valence-electron chi connectivity index (χ1n) is 14.6. The summed E-state index contributed by atoms with van der Waals surface area (Å²) in [7, 11) is 0. The molecule has 1 saturated heterocycles. The highest BCUT2D eigenvalue weighted by Gasteiger charge is 2.58. The first-order valence-corrected chi connectivity index (χ1v) is 14.6. The van der Waals surface area contributed by atoms with Crippen LogP contribution in [0.3, 0.4) is 0 Å². The average molecular weight is 598 g/mol. The third kappa shape index (κ3) is 8.44. The lowest BCUT2D eigenvalue weighted by Gasteiger charge is -2.34. The summed E-state index contributed by atoms with van der Waals surface area (Å²) in [5.41, 5.74) is 8.77. The second kappa shape index (κ2) is 14.8. The van der Waals surface area contributed by atoms with Crippen molar-refractivity contribution in [2.45, 2.75) is 89.4 Å². The van der Waals surface area contributed by atoms with Crippen molar-refractivity contribution in [3.05, 3.63) is 53.1 Å². The summed E-state index contributed by atoms with van der Waals surface area (Å²) in [4.78, 5) is 61.4. The van der Waals surface area contributed by atoms with Crippen molar-refractivity contribution in [2.24, 2.45) is 11.7 Å². The van der Waals surface area contributed by atoms with Crippen LogP contribution in [0, 0.1) is 5.92 Å². The van der Waals surface area contributed by atoms with E-state index in [1.807, 2.05) is 24.3 Å². The second-order valence-corrected chi connectivity index (χ2v) is 11.6. The molecule has 1 aromatic rings. The van der Waals surface area contributed by atoms with Gasteiger partial charge in [-0.1, -0.05) is 41.5 Å². The number of allylic oxidation sites excluding steroid dienone is 4. The second-order valence-electron chi connectivity index (χ2n) is 11.6. The van der Waals surface area contributed by atoms with Gasteiger partial charge in [0.05, 0.1) is 12.1 Å². The van der Waals surface area contributed by atoms with Crippen LogP contribution in [0.5, 0.6) is 0 Å². The monoisotopic (exact) mass is 597 g/mol. The minimum atomic E-state index is -1.43. The summed E-state index contributed by atoms with van der Waals surface area (Å²) in [5.74, 6) is -5.18. The molecule has 0 radical (unpaired) electrons. The fourth-order valence-corrected chi connectivity index (χ4v) is 5.85. The van der Waals surface area contributed by atoms with Gasteiger partial charge in [-0.2, -0.15) is 0 Å². The predicted molar refractivity (Wildman–Crippen MR) is 161 cm³/mol. The number of carbonyl (C=O) groups is 5. The molecule has 0 aliphatic carbocycles. The molecule has 2 heterocycles. The molecule has 12 heteroatoms. The molecule has 43 heavy (non-hydrogen) atoms. The van der Waals surface area contributed by atoms with Gasteiger partial charge in [0, 0.05) is 30.5 Å². The quantitative estimate of drug-likeness (QED) is 0.140. The summed E-state index contributed by atoms with van der Waals surface area (Å²) in [6.07, 6.45) is 5.25. The van der Waals surface area contributed by atoms with Crippen LogP contribution in [-0.4, -0.2) is 64.7 Å². The van der Waals surface area contributed by atoms with Crippen LogP contribution >= 0.6 is 0 Å². The van der Waals surface area contributed by atoms with Gasteiger partial charge in [-0.05, 0) is 64.5 Å². The number of anilines is 1. The van der Waals surface area contributed by atoms with Crippen molar-refractivity contribution in [2.75, 3.05) is 11.9 Å². The molecule has 0 unspecified atom stereocenters. The van der Waals surface area contributed by atoms with Crippen molar-refractivity contribution < 1.29 is 34.2 Å². The maximum Gasteiger partial charge on any atom is 0.326 e. The Balaban J connectivity index is 1.88. The van der Waals surface area contributed by atoms with Crippen LogP contribution in [0.15, 0.2) is 47.6 Å². The lowest BCUT2D eigenvalue weighted by molar-refractivity contribution is -0.143. The number of nitrogens with two attached hydrogens (primary N) is 1. The molecule has 2 aliphatic heterocycles. The third-order valence-electron chi connectivity index (χ3n) is 8.16. The molecule has 12 nitrogen and oxygen atoms in total. The van der Waals surface area contributed by atoms with Gasteiger partial charge < -0.3 is 31.9 Å². The van der Waals surface area contributed by atoms with E-state index >= 15 is 0 Å². The third-order valence-corrected chi connectivity index (χ3v) is 8.16. The van der Waals surface area contributed by atoms with Gasteiger partial charge in [0.1, 0.15) is 12.1 Å². The number of carboxylic acid groups (broad SMARTS) is 2. The number of hydrogen-bond acceptors (Lipinski definition) is 7. The number of benzene rings is 1. The Morgan fingerprint density at radius 1 is 1.00 bits per heavy atom. The number of rotatable bonds is 16. The van der Waals surface area contributed by atoms with E-state index in [0.29, 0.717) is 13.0 Å². The first kappa shape index (κ1) is 33.3. The number of amides is 3. The maximum absolute atomic E-state index is 14.0. The molecule has 1 aromatic carbocycles. The van der Waals surface area contributed by atoms with Gasteiger partial charge in [0.2, 0.25) is 17.7 Å². The Morgan fingerprint density at radius 2 is 1.70 bits per heavy atom. The Hall–Kier alpha value is -4.19. The number of primary amides is 1. The first-order chi connectivity index (χ1) is 20.3. The normalized spacial score (nSPS) is 21.9. The summed E-state index contributed by atoms with van der Waals surface area (Å²) >= 11 is 0. The van der Waals surface area contributed by atoms with Crippen molar-refractivity contribution in [1.82, 2.24) is 16.0 Å². The van der Waals surface area contributed by atoms with E-state index in [9.17, 15) is 34.2 Å². The van der Waals surface area contributed by atoms with Crippen LogP contribution in [0.4, 0.5) is 5.69 Å². The molecule has 3 rings (SSSR count). The number of carbonyl (C=O) groups excluding carboxylic acids is 3. The zero-order valence-corrected chi connectivity index (χ0v) is 24.9. The molecule has 0 saturated carbocycles. The highest BCUT2D eigenvalue weighted by atomic mass is 16.4. The van der Waals surface area contributed by atoms with Crippen molar-refractivity contribution in [3.8, 4) is 0 Å². The van der Waals surface area contributed by atoms with E-state index < -0.39 is 59.5 Å². The molecule has 234 valence electrons.